The molecule has 0 bridgehead atoms. The van der Waals surface area contributed by atoms with Gasteiger partial charge in [0.15, 0.2) is 11.5 Å². The van der Waals surface area contributed by atoms with Crippen molar-refractivity contribution < 1.29 is 14.2 Å². The number of hydrogen-bond donors (Lipinski definition) is 1. The van der Waals surface area contributed by atoms with E-state index in [4.69, 9.17) is 19.9 Å². The molecular weight excluding hydrogens is 254 g/mol. The molecular formula is C16H19NO3. The lowest BCUT2D eigenvalue weighted by Crippen LogP contribution is -2.03. The molecule has 0 unspecified atom stereocenters. The molecule has 4 nitrogen and oxygen atoms in total. The van der Waals surface area contributed by atoms with Gasteiger partial charge in [0, 0.05) is 6.54 Å². The Morgan fingerprint density at radius 2 is 1.50 bits per heavy atom. The van der Waals surface area contributed by atoms with Crippen molar-refractivity contribution in [2.24, 2.45) is 5.73 Å². The van der Waals surface area contributed by atoms with Crippen molar-refractivity contribution in [2.45, 2.75) is 13.2 Å². The number of rotatable bonds is 6. The predicted octanol–water partition coefficient (Wildman–Crippen LogP) is 2.74. The Bertz CT molecular complexity index is 530. The summed E-state index contributed by atoms with van der Waals surface area (Å²) in [7, 11) is 3.20. The minimum atomic E-state index is 0.422. The molecule has 4 heteroatoms. The normalized spacial score (nSPS) is 10.2. The Morgan fingerprint density at radius 3 is 2.00 bits per heavy atom. The van der Waals surface area contributed by atoms with Gasteiger partial charge in [-0.25, -0.2) is 0 Å². The van der Waals surface area contributed by atoms with Crippen LogP contribution in [0, 0.1) is 0 Å². The first-order valence-corrected chi connectivity index (χ1v) is 6.40. The smallest absolute Gasteiger partial charge is 0.203 e. The van der Waals surface area contributed by atoms with Gasteiger partial charge in [0.2, 0.25) is 5.75 Å². The molecule has 0 aromatic heterocycles. The van der Waals surface area contributed by atoms with E-state index in [1.54, 1.807) is 14.2 Å². The maximum absolute atomic E-state index is 5.84. The van der Waals surface area contributed by atoms with E-state index >= 15 is 0 Å². The average molecular weight is 273 g/mol. The van der Waals surface area contributed by atoms with Crippen molar-refractivity contribution in [2.75, 3.05) is 14.2 Å². The van der Waals surface area contributed by atoms with Crippen LogP contribution in [0.1, 0.15) is 11.1 Å². The lowest BCUT2D eigenvalue weighted by molar-refractivity contribution is 0.265. The van der Waals surface area contributed by atoms with Crippen LogP contribution in [0.3, 0.4) is 0 Å². The van der Waals surface area contributed by atoms with Gasteiger partial charge in [-0.1, -0.05) is 30.3 Å². The summed E-state index contributed by atoms with van der Waals surface area (Å²) in [5, 5.41) is 0. The summed E-state index contributed by atoms with van der Waals surface area (Å²) in [6, 6.07) is 13.7. The topological polar surface area (TPSA) is 53.7 Å². The zero-order chi connectivity index (χ0) is 14.4. The summed E-state index contributed by atoms with van der Waals surface area (Å²) in [5.74, 6) is 1.84. The Hall–Kier alpha value is -2.20. The Kier molecular flexibility index (Phi) is 4.85. The van der Waals surface area contributed by atoms with Gasteiger partial charge in [-0.3, -0.25) is 0 Å². The highest BCUT2D eigenvalue weighted by Crippen LogP contribution is 2.38. The van der Waals surface area contributed by atoms with E-state index < -0.39 is 0 Å². The maximum atomic E-state index is 5.84. The highest BCUT2D eigenvalue weighted by molar-refractivity contribution is 5.53. The van der Waals surface area contributed by atoms with Crippen molar-refractivity contribution in [1.82, 2.24) is 0 Å². The Balaban J connectivity index is 2.25. The molecule has 0 aliphatic rings. The van der Waals surface area contributed by atoms with Crippen LogP contribution in [0.4, 0.5) is 0 Å². The third-order valence-corrected chi connectivity index (χ3v) is 2.98. The standard InChI is InChI=1S/C16H19NO3/c1-18-14-8-13(10-17)9-15(19-2)16(14)20-11-12-6-4-3-5-7-12/h3-9H,10-11,17H2,1-2H3. The third kappa shape index (κ3) is 3.22. The van der Waals surface area contributed by atoms with Crippen molar-refractivity contribution in [3.8, 4) is 17.2 Å². The lowest BCUT2D eigenvalue weighted by atomic mass is 10.2. The second kappa shape index (κ2) is 6.82. The average Bonchev–Trinajstić information content (AvgIpc) is 2.52. The van der Waals surface area contributed by atoms with Gasteiger partial charge in [0.1, 0.15) is 6.61 Å². The molecule has 0 amide bonds. The van der Waals surface area contributed by atoms with Crippen LogP contribution < -0.4 is 19.9 Å². The van der Waals surface area contributed by atoms with E-state index in [-0.39, 0.29) is 0 Å². The summed E-state index contributed by atoms with van der Waals surface area (Å²) in [6.45, 7) is 0.876. The molecule has 0 aliphatic carbocycles. The summed E-state index contributed by atoms with van der Waals surface area (Å²) in [5.41, 5.74) is 7.68. The van der Waals surface area contributed by atoms with E-state index in [0.29, 0.717) is 30.4 Å². The number of hydrogen-bond acceptors (Lipinski definition) is 4. The highest BCUT2D eigenvalue weighted by Gasteiger charge is 2.13. The van der Waals surface area contributed by atoms with Gasteiger partial charge in [-0.05, 0) is 23.3 Å². The third-order valence-electron chi connectivity index (χ3n) is 2.98. The summed E-state index contributed by atoms with van der Waals surface area (Å²) in [6.07, 6.45) is 0. The van der Waals surface area contributed by atoms with Gasteiger partial charge >= 0.3 is 0 Å². The molecule has 0 radical (unpaired) electrons. The fourth-order valence-electron chi connectivity index (χ4n) is 1.92. The largest absolute Gasteiger partial charge is 0.493 e. The summed E-state index contributed by atoms with van der Waals surface area (Å²) < 4.78 is 16.6. The number of ether oxygens (including phenoxy) is 3. The van der Waals surface area contributed by atoms with Gasteiger partial charge < -0.3 is 19.9 Å². The zero-order valence-corrected chi connectivity index (χ0v) is 11.8. The molecule has 0 heterocycles. The minimum absolute atomic E-state index is 0.422. The first-order chi connectivity index (χ1) is 9.78. The highest BCUT2D eigenvalue weighted by atomic mass is 16.5. The van der Waals surface area contributed by atoms with Crippen LogP contribution >= 0.6 is 0 Å². The summed E-state index contributed by atoms with van der Waals surface area (Å²) >= 11 is 0. The molecule has 0 saturated carbocycles. The number of benzene rings is 2. The van der Waals surface area contributed by atoms with Crippen molar-refractivity contribution in [3.63, 3.8) is 0 Å². The van der Waals surface area contributed by atoms with E-state index in [1.165, 1.54) is 0 Å². The number of methoxy groups -OCH3 is 2. The molecule has 2 N–H and O–H groups in total. The second-order valence-corrected chi connectivity index (χ2v) is 4.31. The fourth-order valence-corrected chi connectivity index (χ4v) is 1.92. The van der Waals surface area contributed by atoms with Crippen LogP contribution in [0.2, 0.25) is 0 Å². The van der Waals surface area contributed by atoms with Gasteiger partial charge in [-0.15, -0.1) is 0 Å². The molecule has 2 aromatic carbocycles. The monoisotopic (exact) mass is 273 g/mol. The van der Waals surface area contributed by atoms with Crippen molar-refractivity contribution in [1.29, 1.82) is 0 Å². The fraction of sp³-hybridized carbons (Fsp3) is 0.250. The van der Waals surface area contributed by atoms with Gasteiger partial charge in [0.05, 0.1) is 14.2 Å². The molecule has 0 aliphatic heterocycles. The Labute approximate surface area is 119 Å². The van der Waals surface area contributed by atoms with E-state index in [9.17, 15) is 0 Å². The minimum Gasteiger partial charge on any atom is -0.493 e. The molecule has 106 valence electrons. The van der Waals surface area contributed by atoms with Crippen LogP contribution in [0.25, 0.3) is 0 Å². The molecule has 2 rings (SSSR count). The second-order valence-electron chi connectivity index (χ2n) is 4.31. The van der Waals surface area contributed by atoms with Gasteiger partial charge in [0.25, 0.3) is 0 Å². The van der Waals surface area contributed by atoms with E-state index in [1.807, 2.05) is 42.5 Å². The molecule has 0 saturated heterocycles. The molecule has 0 spiro atoms. The first-order valence-electron chi connectivity index (χ1n) is 6.40. The van der Waals surface area contributed by atoms with Crippen LogP contribution in [-0.4, -0.2) is 14.2 Å². The predicted molar refractivity (Wildman–Crippen MR) is 78.2 cm³/mol. The lowest BCUT2D eigenvalue weighted by Gasteiger charge is -2.15. The first kappa shape index (κ1) is 14.2. The maximum Gasteiger partial charge on any atom is 0.203 e. The molecule has 0 atom stereocenters. The molecule has 20 heavy (non-hydrogen) atoms. The van der Waals surface area contributed by atoms with E-state index in [0.717, 1.165) is 11.1 Å². The molecule has 0 fully saturated rings. The Morgan fingerprint density at radius 1 is 0.900 bits per heavy atom. The van der Waals surface area contributed by atoms with Crippen molar-refractivity contribution in [3.05, 3.63) is 53.6 Å². The van der Waals surface area contributed by atoms with Crippen LogP contribution in [0.5, 0.6) is 17.2 Å². The quantitative estimate of drug-likeness (QED) is 0.879. The molecule has 2 aromatic rings. The van der Waals surface area contributed by atoms with E-state index in [2.05, 4.69) is 0 Å². The SMILES string of the molecule is COc1cc(CN)cc(OC)c1OCc1ccccc1. The van der Waals surface area contributed by atoms with Crippen molar-refractivity contribution >= 4 is 0 Å². The van der Waals surface area contributed by atoms with Crippen LogP contribution in [-0.2, 0) is 13.2 Å². The van der Waals surface area contributed by atoms with Gasteiger partial charge in [-0.2, -0.15) is 0 Å². The van der Waals surface area contributed by atoms with Crippen LogP contribution in [0.15, 0.2) is 42.5 Å². The zero-order valence-electron chi connectivity index (χ0n) is 11.8. The summed E-state index contributed by atoms with van der Waals surface area (Å²) in [4.78, 5) is 0. The number of nitrogens with two attached hydrogens (primary N) is 1.